The number of aromatic hydroxyl groups is 1. The third-order valence-electron chi connectivity index (χ3n) is 3.43. The van der Waals surface area contributed by atoms with Crippen LogP contribution in [-0.2, 0) is 4.74 Å². The van der Waals surface area contributed by atoms with Crippen molar-refractivity contribution in [2.45, 2.75) is 38.9 Å². The number of ether oxygens (including phenoxy) is 2. The van der Waals surface area contributed by atoms with E-state index in [4.69, 9.17) is 9.47 Å². The molecule has 1 heterocycles. The van der Waals surface area contributed by atoms with E-state index in [0.717, 1.165) is 0 Å². The first-order valence-corrected chi connectivity index (χ1v) is 7.01. The number of nitrogens with zero attached hydrogens (tertiary/aromatic N) is 1. The minimum Gasteiger partial charge on any atom is -0.504 e. The van der Waals surface area contributed by atoms with Crippen LogP contribution in [0.15, 0.2) is 18.2 Å². The van der Waals surface area contributed by atoms with Gasteiger partial charge in [-0.1, -0.05) is 6.07 Å². The van der Waals surface area contributed by atoms with E-state index in [1.54, 1.807) is 23.1 Å². The molecule has 1 N–H and O–H groups in total. The second-order valence-electron chi connectivity index (χ2n) is 6.64. The predicted octanol–water partition coefficient (Wildman–Crippen LogP) is 2.43. The van der Waals surface area contributed by atoms with Crippen LogP contribution in [0.1, 0.15) is 38.1 Å². The Balaban J connectivity index is 2.32. The number of hydrogen-bond donors (Lipinski definition) is 1. The molecule has 1 fully saturated rings. The molecule has 1 aromatic carbocycles. The van der Waals surface area contributed by atoms with Crippen molar-refractivity contribution in [2.75, 3.05) is 20.2 Å². The molecule has 0 saturated carbocycles. The highest BCUT2D eigenvalue weighted by atomic mass is 16.5. The summed E-state index contributed by atoms with van der Waals surface area (Å²) in [7, 11) is 1.46. The Labute approximate surface area is 125 Å². The number of phenols is 1. The molecule has 1 aliphatic rings. The summed E-state index contributed by atoms with van der Waals surface area (Å²) in [6.07, 6.45) is 0. The number of amides is 1. The molecule has 0 unspecified atom stereocenters. The normalized spacial score (nSPS) is 20.1. The molecule has 2 rings (SSSR count). The van der Waals surface area contributed by atoms with Gasteiger partial charge in [-0.2, -0.15) is 0 Å². The van der Waals surface area contributed by atoms with Gasteiger partial charge in [-0.15, -0.1) is 0 Å². The fourth-order valence-electron chi connectivity index (χ4n) is 2.96. The molecular formula is C16H23NO4. The monoisotopic (exact) mass is 293 g/mol. The molecule has 1 amide bonds. The van der Waals surface area contributed by atoms with Crippen LogP contribution in [0, 0.1) is 0 Å². The van der Waals surface area contributed by atoms with E-state index < -0.39 is 11.2 Å². The standard InChI is InChI=1S/C16H23NO4/c1-15(2)9-17(10-16(3,4)21-15)14(19)11-7-6-8-12(20-5)13(11)18/h6-8,18H,9-10H2,1-5H3. The minimum atomic E-state index is -0.425. The average molecular weight is 293 g/mol. The van der Waals surface area contributed by atoms with Crippen molar-refractivity contribution in [2.24, 2.45) is 0 Å². The number of methoxy groups -OCH3 is 1. The SMILES string of the molecule is COc1cccc(C(=O)N2CC(C)(C)OC(C)(C)C2)c1O. The van der Waals surface area contributed by atoms with Crippen LogP contribution >= 0.6 is 0 Å². The van der Waals surface area contributed by atoms with Gasteiger partial charge in [0.1, 0.15) is 0 Å². The molecule has 5 heteroatoms. The van der Waals surface area contributed by atoms with E-state index in [1.807, 2.05) is 27.7 Å². The highest BCUT2D eigenvalue weighted by Crippen LogP contribution is 2.33. The second-order valence-corrected chi connectivity index (χ2v) is 6.64. The quantitative estimate of drug-likeness (QED) is 0.910. The zero-order valence-corrected chi connectivity index (χ0v) is 13.3. The van der Waals surface area contributed by atoms with Gasteiger partial charge in [-0.3, -0.25) is 4.79 Å². The first kappa shape index (κ1) is 15.6. The Bertz CT molecular complexity index is 535. The van der Waals surface area contributed by atoms with Crippen molar-refractivity contribution >= 4 is 5.91 Å². The number of hydrogen-bond acceptors (Lipinski definition) is 4. The number of phenolic OH excluding ortho intramolecular Hbond substituents is 1. The summed E-state index contributed by atoms with van der Waals surface area (Å²) < 4.78 is 11.0. The van der Waals surface area contributed by atoms with E-state index in [2.05, 4.69) is 0 Å². The Hall–Kier alpha value is -1.75. The van der Waals surface area contributed by atoms with E-state index in [9.17, 15) is 9.90 Å². The third-order valence-corrected chi connectivity index (χ3v) is 3.43. The van der Waals surface area contributed by atoms with Crippen LogP contribution in [0.3, 0.4) is 0 Å². The summed E-state index contributed by atoms with van der Waals surface area (Å²) >= 11 is 0. The van der Waals surface area contributed by atoms with Gasteiger partial charge in [0.2, 0.25) is 0 Å². The Morgan fingerprint density at radius 3 is 2.33 bits per heavy atom. The lowest BCUT2D eigenvalue weighted by atomic mass is 9.98. The lowest BCUT2D eigenvalue weighted by molar-refractivity contribution is -0.171. The van der Waals surface area contributed by atoms with Crippen LogP contribution in [0.4, 0.5) is 0 Å². The minimum absolute atomic E-state index is 0.118. The van der Waals surface area contributed by atoms with Gasteiger partial charge in [-0.05, 0) is 39.8 Å². The van der Waals surface area contributed by atoms with Crippen molar-refractivity contribution in [1.29, 1.82) is 0 Å². The molecule has 5 nitrogen and oxygen atoms in total. The molecule has 1 aromatic rings. The second kappa shape index (κ2) is 5.22. The van der Waals surface area contributed by atoms with Gasteiger partial charge in [0.25, 0.3) is 5.91 Å². The van der Waals surface area contributed by atoms with Crippen LogP contribution in [-0.4, -0.2) is 47.3 Å². The molecular weight excluding hydrogens is 270 g/mol. The number of rotatable bonds is 2. The first-order valence-electron chi connectivity index (χ1n) is 7.01. The lowest BCUT2D eigenvalue weighted by Crippen LogP contribution is -2.58. The zero-order valence-electron chi connectivity index (χ0n) is 13.3. The summed E-state index contributed by atoms with van der Waals surface area (Å²) in [5.41, 5.74) is -0.597. The molecule has 0 spiro atoms. The lowest BCUT2D eigenvalue weighted by Gasteiger charge is -2.47. The number of morpholine rings is 1. The summed E-state index contributed by atoms with van der Waals surface area (Å²) in [4.78, 5) is 14.4. The van der Waals surface area contributed by atoms with Crippen molar-refractivity contribution in [3.63, 3.8) is 0 Å². The van der Waals surface area contributed by atoms with Crippen LogP contribution in [0.5, 0.6) is 11.5 Å². The van der Waals surface area contributed by atoms with E-state index in [-0.39, 0.29) is 17.2 Å². The molecule has 116 valence electrons. The summed E-state index contributed by atoms with van der Waals surface area (Å²) in [5, 5.41) is 10.1. The Kier molecular flexibility index (Phi) is 3.89. The number of benzene rings is 1. The highest BCUT2D eigenvalue weighted by Gasteiger charge is 2.40. The molecule has 1 saturated heterocycles. The molecule has 0 aromatic heterocycles. The topological polar surface area (TPSA) is 59.0 Å². The van der Waals surface area contributed by atoms with Crippen LogP contribution in [0.25, 0.3) is 0 Å². The molecule has 0 atom stereocenters. The van der Waals surface area contributed by atoms with Gasteiger partial charge >= 0.3 is 0 Å². The van der Waals surface area contributed by atoms with Gasteiger partial charge in [0.15, 0.2) is 11.5 Å². The summed E-state index contributed by atoms with van der Waals surface area (Å²) in [6, 6.07) is 4.93. The fraction of sp³-hybridized carbons (Fsp3) is 0.562. The molecule has 0 bridgehead atoms. The molecule has 1 aliphatic heterocycles. The van der Waals surface area contributed by atoms with Crippen LogP contribution < -0.4 is 4.74 Å². The molecule has 0 radical (unpaired) electrons. The predicted molar refractivity (Wildman–Crippen MR) is 79.8 cm³/mol. The maximum atomic E-state index is 12.7. The van der Waals surface area contributed by atoms with E-state index >= 15 is 0 Å². The average Bonchev–Trinajstić information content (AvgIpc) is 2.34. The Morgan fingerprint density at radius 1 is 1.24 bits per heavy atom. The Morgan fingerprint density at radius 2 is 1.81 bits per heavy atom. The number of carbonyl (C=O) groups excluding carboxylic acids is 1. The third kappa shape index (κ3) is 3.29. The van der Waals surface area contributed by atoms with Gasteiger partial charge in [0.05, 0.1) is 23.9 Å². The number of carbonyl (C=O) groups is 1. The van der Waals surface area contributed by atoms with E-state index in [1.165, 1.54) is 7.11 Å². The summed E-state index contributed by atoms with van der Waals surface area (Å²) in [5.74, 6) is -0.0319. The van der Waals surface area contributed by atoms with Crippen LogP contribution in [0.2, 0.25) is 0 Å². The van der Waals surface area contributed by atoms with Gasteiger partial charge in [0, 0.05) is 13.1 Å². The van der Waals surface area contributed by atoms with Crippen molar-refractivity contribution in [1.82, 2.24) is 4.90 Å². The summed E-state index contributed by atoms with van der Waals surface area (Å²) in [6.45, 7) is 8.79. The van der Waals surface area contributed by atoms with Gasteiger partial charge < -0.3 is 19.5 Å². The zero-order chi connectivity index (χ0) is 15.8. The maximum Gasteiger partial charge on any atom is 0.257 e. The smallest absolute Gasteiger partial charge is 0.257 e. The molecule has 21 heavy (non-hydrogen) atoms. The highest BCUT2D eigenvalue weighted by molar-refractivity contribution is 5.97. The van der Waals surface area contributed by atoms with Crippen molar-refractivity contribution in [3.05, 3.63) is 23.8 Å². The molecule has 0 aliphatic carbocycles. The van der Waals surface area contributed by atoms with E-state index in [0.29, 0.717) is 18.8 Å². The largest absolute Gasteiger partial charge is 0.504 e. The van der Waals surface area contributed by atoms with Gasteiger partial charge in [-0.25, -0.2) is 0 Å². The van der Waals surface area contributed by atoms with Crippen molar-refractivity contribution in [3.8, 4) is 11.5 Å². The van der Waals surface area contributed by atoms with Crippen molar-refractivity contribution < 1.29 is 19.4 Å². The number of para-hydroxylation sites is 1. The first-order chi connectivity index (χ1) is 9.65. The maximum absolute atomic E-state index is 12.7. The fourth-order valence-corrected chi connectivity index (χ4v) is 2.96.